The number of rotatable bonds is 1. The first-order valence-corrected chi connectivity index (χ1v) is 5.13. The number of hydrogen-bond acceptors (Lipinski definition) is 1. The lowest BCUT2D eigenvalue weighted by atomic mass is 10.0. The zero-order valence-corrected chi connectivity index (χ0v) is 9.47. The summed E-state index contributed by atoms with van der Waals surface area (Å²) in [5, 5.41) is 0. The van der Waals surface area contributed by atoms with Gasteiger partial charge in [0.2, 0.25) is 0 Å². The molecular formula is C11H22FN. The highest BCUT2D eigenvalue weighted by atomic mass is 19.1. The standard InChI is InChI=1S/C9H16FN.C2H6/c1-7(2)9-4-8(5-10)6-11(9)3;1-2/h5,7,9H,4,6H2,1-3H3;1-2H3/b8-5-;. The minimum Gasteiger partial charge on any atom is -0.299 e. The summed E-state index contributed by atoms with van der Waals surface area (Å²) in [7, 11) is 2.06. The molecule has 1 rings (SSSR count). The van der Waals surface area contributed by atoms with E-state index in [9.17, 15) is 4.39 Å². The minimum absolute atomic E-state index is 0.539. The molecule has 1 atom stereocenters. The maximum atomic E-state index is 12.1. The summed E-state index contributed by atoms with van der Waals surface area (Å²) in [6.45, 7) is 9.17. The number of nitrogens with zero attached hydrogens (tertiary/aromatic N) is 1. The summed E-state index contributed by atoms with van der Waals surface area (Å²) in [6.07, 6.45) is 1.67. The van der Waals surface area contributed by atoms with Crippen molar-refractivity contribution in [2.75, 3.05) is 13.6 Å². The maximum absolute atomic E-state index is 12.1. The fourth-order valence-electron chi connectivity index (χ4n) is 1.75. The van der Waals surface area contributed by atoms with Gasteiger partial charge in [-0.25, -0.2) is 4.39 Å². The van der Waals surface area contributed by atoms with Gasteiger partial charge in [0.1, 0.15) is 0 Å². The van der Waals surface area contributed by atoms with Gasteiger partial charge in [-0.2, -0.15) is 0 Å². The van der Waals surface area contributed by atoms with Crippen molar-refractivity contribution in [3.63, 3.8) is 0 Å². The Labute approximate surface area is 81.6 Å². The summed E-state index contributed by atoms with van der Waals surface area (Å²) < 4.78 is 12.1. The Hall–Kier alpha value is -0.370. The first-order valence-electron chi connectivity index (χ1n) is 5.13. The molecule has 0 radical (unpaired) electrons. The van der Waals surface area contributed by atoms with E-state index in [0.717, 1.165) is 24.9 Å². The normalized spacial score (nSPS) is 26.4. The molecule has 1 unspecified atom stereocenters. The summed E-state index contributed by atoms with van der Waals surface area (Å²) in [5.74, 6) is 0.623. The largest absolute Gasteiger partial charge is 0.299 e. The van der Waals surface area contributed by atoms with Crippen molar-refractivity contribution in [3.05, 3.63) is 11.9 Å². The molecule has 2 heteroatoms. The van der Waals surface area contributed by atoms with E-state index in [1.807, 2.05) is 13.8 Å². The van der Waals surface area contributed by atoms with E-state index in [4.69, 9.17) is 0 Å². The van der Waals surface area contributed by atoms with Gasteiger partial charge in [-0.15, -0.1) is 0 Å². The third-order valence-corrected chi connectivity index (χ3v) is 2.41. The Balaban J connectivity index is 0.000000671. The molecule has 1 heterocycles. The van der Waals surface area contributed by atoms with Gasteiger partial charge in [0, 0.05) is 12.6 Å². The second-order valence-electron chi connectivity index (χ2n) is 3.70. The van der Waals surface area contributed by atoms with Crippen LogP contribution in [0.4, 0.5) is 4.39 Å². The van der Waals surface area contributed by atoms with Crippen molar-refractivity contribution in [1.29, 1.82) is 0 Å². The zero-order chi connectivity index (χ0) is 10.4. The molecule has 1 nitrogen and oxygen atoms in total. The van der Waals surface area contributed by atoms with Crippen molar-refractivity contribution in [1.82, 2.24) is 4.90 Å². The van der Waals surface area contributed by atoms with Crippen LogP contribution in [0.25, 0.3) is 0 Å². The highest BCUT2D eigenvalue weighted by Crippen LogP contribution is 2.25. The fraction of sp³-hybridized carbons (Fsp3) is 0.818. The minimum atomic E-state index is 0.539. The summed E-state index contributed by atoms with van der Waals surface area (Å²) in [5.41, 5.74) is 0.936. The van der Waals surface area contributed by atoms with Crippen LogP contribution in [0, 0.1) is 5.92 Å². The molecule has 0 amide bonds. The number of hydrogen-bond donors (Lipinski definition) is 0. The van der Waals surface area contributed by atoms with Gasteiger partial charge >= 0.3 is 0 Å². The SMILES string of the molecule is CC.CC(C)C1C/C(=C/F)CN1C. The Morgan fingerprint density at radius 2 is 2.00 bits per heavy atom. The Kier molecular flexibility index (Phi) is 5.97. The van der Waals surface area contributed by atoms with E-state index < -0.39 is 0 Å². The van der Waals surface area contributed by atoms with Gasteiger partial charge in [0.05, 0.1) is 6.33 Å². The van der Waals surface area contributed by atoms with Crippen LogP contribution >= 0.6 is 0 Å². The summed E-state index contributed by atoms with van der Waals surface area (Å²) >= 11 is 0. The molecule has 0 bridgehead atoms. The average molecular weight is 187 g/mol. The molecule has 1 aliphatic rings. The number of likely N-dealkylation sites (tertiary alicyclic amines) is 1. The quantitative estimate of drug-likeness (QED) is 0.609. The van der Waals surface area contributed by atoms with E-state index in [2.05, 4.69) is 25.8 Å². The zero-order valence-electron chi connectivity index (χ0n) is 9.47. The van der Waals surface area contributed by atoms with Crippen molar-refractivity contribution in [2.45, 2.75) is 40.2 Å². The number of likely N-dealkylation sites (N-methyl/N-ethyl adjacent to an activating group) is 1. The molecule has 0 N–H and O–H groups in total. The molecule has 0 aromatic heterocycles. The van der Waals surface area contributed by atoms with Crippen molar-refractivity contribution < 1.29 is 4.39 Å². The fourth-order valence-corrected chi connectivity index (χ4v) is 1.75. The van der Waals surface area contributed by atoms with Crippen LogP contribution in [-0.4, -0.2) is 24.5 Å². The molecule has 0 spiro atoms. The summed E-state index contributed by atoms with van der Waals surface area (Å²) in [4.78, 5) is 2.22. The van der Waals surface area contributed by atoms with Crippen molar-refractivity contribution in [3.8, 4) is 0 Å². The van der Waals surface area contributed by atoms with Gasteiger partial charge in [0.15, 0.2) is 0 Å². The third kappa shape index (κ3) is 3.47. The molecule has 78 valence electrons. The third-order valence-electron chi connectivity index (χ3n) is 2.41. The van der Waals surface area contributed by atoms with Gasteiger partial charge in [-0.05, 0) is 25.0 Å². The van der Waals surface area contributed by atoms with Gasteiger partial charge in [0.25, 0.3) is 0 Å². The predicted octanol–water partition coefficient (Wildman–Crippen LogP) is 3.23. The van der Waals surface area contributed by atoms with Gasteiger partial charge in [-0.3, -0.25) is 4.90 Å². The first kappa shape index (κ1) is 12.6. The maximum Gasteiger partial charge on any atom is 0.0872 e. The van der Waals surface area contributed by atoms with E-state index >= 15 is 0 Å². The van der Waals surface area contributed by atoms with E-state index in [0.29, 0.717) is 12.0 Å². The van der Waals surface area contributed by atoms with Crippen molar-refractivity contribution in [2.24, 2.45) is 5.92 Å². The van der Waals surface area contributed by atoms with Crippen LogP contribution in [0.2, 0.25) is 0 Å². The molecule has 1 saturated heterocycles. The highest BCUT2D eigenvalue weighted by Gasteiger charge is 2.26. The van der Waals surface area contributed by atoms with Crippen LogP contribution in [0.1, 0.15) is 34.1 Å². The van der Waals surface area contributed by atoms with Crippen LogP contribution in [0.3, 0.4) is 0 Å². The molecule has 0 saturated carbocycles. The second-order valence-corrected chi connectivity index (χ2v) is 3.70. The molecule has 0 aromatic rings. The van der Waals surface area contributed by atoms with Crippen molar-refractivity contribution >= 4 is 0 Å². The Morgan fingerprint density at radius 3 is 2.23 bits per heavy atom. The molecule has 1 fully saturated rings. The molecular weight excluding hydrogens is 165 g/mol. The lowest BCUT2D eigenvalue weighted by Gasteiger charge is -2.22. The van der Waals surface area contributed by atoms with Crippen LogP contribution in [0.5, 0.6) is 0 Å². The first-order chi connectivity index (χ1) is 6.15. The van der Waals surface area contributed by atoms with Gasteiger partial charge < -0.3 is 0 Å². The smallest absolute Gasteiger partial charge is 0.0872 e. The van der Waals surface area contributed by atoms with E-state index in [1.54, 1.807) is 0 Å². The Morgan fingerprint density at radius 1 is 1.46 bits per heavy atom. The molecule has 1 aliphatic heterocycles. The lowest BCUT2D eigenvalue weighted by Crippen LogP contribution is -2.29. The molecule has 0 aliphatic carbocycles. The number of halogens is 1. The van der Waals surface area contributed by atoms with Crippen LogP contribution in [0.15, 0.2) is 11.9 Å². The van der Waals surface area contributed by atoms with Crippen LogP contribution in [-0.2, 0) is 0 Å². The second kappa shape index (κ2) is 6.14. The lowest BCUT2D eigenvalue weighted by molar-refractivity contribution is 0.250. The van der Waals surface area contributed by atoms with Gasteiger partial charge in [-0.1, -0.05) is 27.7 Å². The molecule has 13 heavy (non-hydrogen) atoms. The highest BCUT2D eigenvalue weighted by molar-refractivity contribution is 5.10. The monoisotopic (exact) mass is 187 g/mol. The Bertz CT molecular complexity index is 163. The summed E-state index contributed by atoms with van der Waals surface area (Å²) in [6, 6.07) is 0.539. The van der Waals surface area contributed by atoms with E-state index in [1.165, 1.54) is 0 Å². The average Bonchev–Trinajstić information content (AvgIpc) is 2.50. The van der Waals surface area contributed by atoms with E-state index in [-0.39, 0.29) is 0 Å². The predicted molar refractivity (Wildman–Crippen MR) is 56.4 cm³/mol. The van der Waals surface area contributed by atoms with Crippen LogP contribution < -0.4 is 0 Å². The molecule has 0 aromatic carbocycles. The topological polar surface area (TPSA) is 3.24 Å².